The van der Waals surface area contributed by atoms with Gasteiger partial charge >= 0.3 is 0 Å². The maximum Gasteiger partial charge on any atom is 0.254 e. The lowest BCUT2D eigenvalue weighted by Crippen LogP contribution is -2.29. The van der Waals surface area contributed by atoms with E-state index in [4.69, 9.17) is 0 Å². The average molecular weight is 320 g/mol. The van der Waals surface area contributed by atoms with Gasteiger partial charge in [-0.05, 0) is 40.4 Å². The van der Waals surface area contributed by atoms with Gasteiger partial charge in [-0.3, -0.25) is 4.79 Å². The lowest BCUT2D eigenvalue weighted by molar-refractivity contribution is 0.0802. The number of hydrogen-bond acceptors (Lipinski definition) is 3. The summed E-state index contributed by atoms with van der Waals surface area (Å²) in [6, 6.07) is 5.48. The van der Waals surface area contributed by atoms with E-state index >= 15 is 0 Å². The first-order chi connectivity index (χ1) is 7.56. The van der Waals surface area contributed by atoms with Crippen molar-refractivity contribution in [2.24, 2.45) is 0 Å². The molecular weight excluding hydrogens is 306 g/mol. The molecular formula is C11H14BrNOS2. The van der Waals surface area contributed by atoms with Gasteiger partial charge in [0.1, 0.15) is 0 Å². The van der Waals surface area contributed by atoms with E-state index in [1.807, 2.05) is 25.4 Å². The Morgan fingerprint density at radius 3 is 2.88 bits per heavy atom. The van der Waals surface area contributed by atoms with Crippen LogP contribution in [0.1, 0.15) is 10.4 Å². The highest BCUT2D eigenvalue weighted by Gasteiger charge is 2.14. The summed E-state index contributed by atoms with van der Waals surface area (Å²) in [7, 11) is 1.82. The minimum Gasteiger partial charge on any atom is -0.341 e. The van der Waals surface area contributed by atoms with Crippen LogP contribution in [-0.2, 0) is 0 Å². The van der Waals surface area contributed by atoms with Crippen molar-refractivity contribution < 1.29 is 4.79 Å². The average Bonchev–Trinajstić information content (AvgIpc) is 2.28. The summed E-state index contributed by atoms with van der Waals surface area (Å²) in [6.45, 7) is 0.753. The Balaban J connectivity index is 2.83. The van der Waals surface area contributed by atoms with Crippen LogP contribution >= 0.6 is 40.3 Å². The second kappa shape index (κ2) is 6.57. The van der Waals surface area contributed by atoms with E-state index in [0.717, 1.165) is 21.7 Å². The number of halogens is 1. The first-order valence-corrected chi connectivity index (χ1v) is 7.42. The normalized spacial score (nSPS) is 10.2. The molecule has 0 radical (unpaired) electrons. The van der Waals surface area contributed by atoms with Gasteiger partial charge in [0.25, 0.3) is 5.91 Å². The summed E-state index contributed by atoms with van der Waals surface area (Å²) in [4.78, 5) is 14.6. The van der Waals surface area contributed by atoms with E-state index in [1.165, 1.54) is 0 Å². The lowest BCUT2D eigenvalue weighted by Gasteiger charge is -2.17. The predicted octanol–water partition coefficient (Wildman–Crippen LogP) is 3.17. The topological polar surface area (TPSA) is 20.3 Å². The molecule has 0 atom stereocenters. The molecule has 1 amide bonds. The number of carbonyl (C=O) groups excluding carboxylic acids is 1. The predicted molar refractivity (Wildman–Crippen MR) is 76.7 cm³/mol. The quantitative estimate of drug-likeness (QED) is 0.860. The molecule has 1 aromatic carbocycles. The van der Waals surface area contributed by atoms with Crippen molar-refractivity contribution in [2.45, 2.75) is 4.90 Å². The Morgan fingerprint density at radius 2 is 2.25 bits per heavy atom. The molecule has 0 heterocycles. The molecule has 2 nitrogen and oxygen atoms in total. The van der Waals surface area contributed by atoms with Gasteiger partial charge in [-0.15, -0.1) is 12.6 Å². The van der Waals surface area contributed by atoms with E-state index in [2.05, 4.69) is 28.6 Å². The summed E-state index contributed by atoms with van der Waals surface area (Å²) in [5.74, 6) is 0.970. The Hall–Kier alpha value is -0.130. The molecule has 0 aliphatic carbocycles. The fourth-order valence-corrected chi connectivity index (χ4v) is 2.29. The number of carbonyl (C=O) groups is 1. The lowest BCUT2D eigenvalue weighted by atomic mass is 10.2. The number of thiol groups is 1. The zero-order valence-corrected chi connectivity index (χ0v) is 12.5. The highest BCUT2D eigenvalue weighted by Crippen LogP contribution is 2.21. The summed E-state index contributed by atoms with van der Waals surface area (Å²) < 4.78 is 0.811. The van der Waals surface area contributed by atoms with Crippen molar-refractivity contribution in [1.82, 2.24) is 4.90 Å². The molecule has 0 saturated heterocycles. The molecule has 88 valence electrons. The second-order valence-corrected chi connectivity index (χ2v) is 5.74. The molecule has 5 heteroatoms. The molecule has 0 aromatic heterocycles. The maximum atomic E-state index is 12.1. The third kappa shape index (κ3) is 3.71. The van der Waals surface area contributed by atoms with Gasteiger partial charge in [-0.1, -0.05) is 0 Å². The smallest absolute Gasteiger partial charge is 0.254 e. The van der Waals surface area contributed by atoms with Crippen LogP contribution in [0.2, 0.25) is 0 Å². The van der Waals surface area contributed by atoms with Crippen LogP contribution in [0.25, 0.3) is 0 Å². The van der Waals surface area contributed by atoms with Gasteiger partial charge < -0.3 is 4.90 Å². The molecule has 0 spiro atoms. The van der Waals surface area contributed by atoms with Crippen molar-refractivity contribution in [3.63, 3.8) is 0 Å². The summed E-state index contributed by atoms with van der Waals surface area (Å²) in [5, 5.41) is 0. The number of amides is 1. The second-order valence-electron chi connectivity index (χ2n) is 3.38. The van der Waals surface area contributed by atoms with E-state index in [9.17, 15) is 4.79 Å². The van der Waals surface area contributed by atoms with Crippen molar-refractivity contribution >= 4 is 46.2 Å². The molecule has 16 heavy (non-hydrogen) atoms. The van der Waals surface area contributed by atoms with E-state index in [-0.39, 0.29) is 5.91 Å². The number of rotatable bonds is 4. The monoisotopic (exact) mass is 319 g/mol. The Bertz CT molecular complexity index is 384. The summed E-state index contributed by atoms with van der Waals surface area (Å²) in [6.07, 6.45) is 2.03. The molecule has 1 aromatic rings. The van der Waals surface area contributed by atoms with Gasteiger partial charge in [0.2, 0.25) is 0 Å². The van der Waals surface area contributed by atoms with Crippen molar-refractivity contribution in [3.8, 4) is 0 Å². The van der Waals surface area contributed by atoms with Gasteiger partial charge in [0, 0.05) is 28.7 Å². The number of hydrogen-bond donors (Lipinski definition) is 1. The van der Waals surface area contributed by atoms with Crippen molar-refractivity contribution in [1.29, 1.82) is 0 Å². The van der Waals surface area contributed by atoms with Crippen LogP contribution in [0.5, 0.6) is 0 Å². The third-order valence-corrected chi connectivity index (χ3v) is 3.72. The Labute approximate surface area is 114 Å². The highest BCUT2D eigenvalue weighted by molar-refractivity contribution is 9.10. The van der Waals surface area contributed by atoms with Crippen LogP contribution in [0.3, 0.4) is 0 Å². The first-order valence-electron chi connectivity index (χ1n) is 4.79. The minimum atomic E-state index is 0.0248. The summed E-state index contributed by atoms with van der Waals surface area (Å²) >= 11 is 9.35. The van der Waals surface area contributed by atoms with Gasteiger partial charge in [-0.2, -0.15) is 11.8 Å². The molecule has 0 bridgehead atoms. The van der Waals surface area contributed by atoms with Crippen molar-refractivity contribution in [2.75, 3.05) is 25.6 Å². The van der Waals surface area contributed by atoms with E-state index in [0.29, 0.717) is 5.56 Å². The molecule has 0 aliphatic heterocycles. The van der Waals surface area contributed by atoms with E-state index < -0.39 is 0 Å². The molecule has 0 aliphatic rings. The Morgan fingerprint density at radius 1 is 1.56 bits per heavy atom. The SMILES string of the molecule is CSCCN(C)C(=O)c1cc(S)ccc1Br. The number of thioether (sulfide) groups is 1. The summed E-state index contributed by atoms with van der Waals surface area (Å²) in [5.41, 5.74) is 0.663. The van der Waals surface area contributed by atoms with Crippen LogP contribution in [0, 0.1) is 0 Å². The molecule has 1 rings (SSSR count). The molecule has 0 fully saturated rings. The molecule has 0 unspecified atom stereocenters. The fraction of sp³-hybridized carbons (Fsp3) is 0.364. The standard InChI is InChI=1S/C11H14BrNOS2/c1-13(5-6-16-2)11(14)9-7-8(15)3-4-10(9)12/h3-4,7,15H,5-6H2,1-2H3. The Kier molecular flexibility index (Phi) is 5.72. The highest BCUT2D eigenvalue weighted by atomic mass is 79.9. The van der Waals surface area contributed by atoms with Gasteiger partial charge in [0.05, 0.1) is 5.56 Å². The molecule has 0 saturated carbocycles. The van der Waals surface area contributed by atoms with Crippen molar-refractivity contribution in [3.05, 3.63) is 28.2 Å². The van der Waals surface area contributed by atoms with Crippen LogP contribution in [0.15, 0.2) is 27.6 Å². The zero-order chi connectivity index (χ0) is 12.1. The van der Waals surface area contributed by atoms with Crippen LogP contribution in [-0.4, -0.2) is 36.4 Å². The first kappa shape index (κ1) is 13.9. The third-order valence-electron chi connectivity index (χ3n) is 2.16. The number of nitrogens with zero attached hydrogens (tertiary/aromatic N) is 1. The minimum absolute atomic E-state index is 0.0248. The van der Waals surface area contributed by atoms with Gasteiger partial charge in [0.15, 0.2) is 0 Å². The number of benzene rings is 1. The largest absolute Gasteiger partial charge is 0.341 e. The molecule has 0 N–H and O–H groups in total. The fourth-order valence-electron chi connectivity index (χ4n) is 1.21. The van der Waals surface area contributed by atoms with Crippen LogP contribution < -0.4 is 0 Å². The zero-order valence-electron chi connectivity index (χ0n) is 9.24. The van der Waals surface area contributed by atoms with E-state index in [1.54, 1.807) is 22.7 Å². The van der Waals surface area contributed by atoms with Gasteiger partial charge in [-0.25, -0.2) is 0 Å². The maximum absolute atomic E-state index is 12.1. The van der Waals surface area contributed by atoms with Crippen LogP contribution in [0.4, 0.5) is 0 Å².